The third kappa shape index (κ3) is 3.34. The Labute approximate surface area is 112 Å². The lowest BCUT2D eigenvalue weighted by Gasteiger charge is -2.34. The second-order valence-electron chi connectivity index (χ2n) is 6.24. The van der Waals surface area contributed by atoms with E-state index in [1.54, 1.807) is 0 Å². The normalized spacial score (nSPS) is 30.3. The van der Waals surface area contributed by atoms with Gasteiger partial charge < -0.3 is 0 Å². The zero-order chi connectivity index (χ0) is 13.0. The van der Waals surface area contributed by atoms with Crippen molar-refractivity contribution in [3.8, 4) is 0 Å². The predicted octanol–water partition coefficient (Wildman–Crippen LogP) is 3.65. The summed E-state index contributed by atoms with van der Waals surface area (Å²) in [4.78, 5) is 14.7. The highest BCUT2D eigenvalue weighted by atomic mass is 16.1. The number of Topliss-reactive ketones (excluding diaryl/α,β-unsaturated/α-hetero) is 1. The lowest BCUT2D eigenvalue weighted by atomic mass is 9.79. The van der Waals surface area contributed by atoms with Crippen LogP contribution in [0.15, 0.2) is 0 Å². The van der Waals surface area contributed by atoms with Crippen LogP contribution in [0.2, 0.25) is 0 Å². The summed E-state index contributed by atoms with van der Waals surface area (Å²) in [6, 6.07) is 0.768. The van der Waals surface area contributed by atoms with Crippen molar-refractivity contribution in [2.75, 3.05) is 13.1 Å². The van der Waals surface area contributed by atoms with Gasteiger partial charge in [0.1, 0.15) is 5.78 Å². The second kappa shape index (κ2) is 6.70. The maximum atomic E-state index is 12.1. The highest BCUT2D eigenvalue weighted by Gasteiger charge is 2.31. The van der Waals surface area contributed by atoms with Gasteiger partial charge in [0, 0.05) is 24.9 Å². The summed E-state index contributed by atoms with van der Waals surface area (Å²) >= 11 is 0. The topological polar surface area (TPSA) is 20.3 Å². The van der Waals surface area contributed by atoms with Crippen molar-refractivity contribution < 1.29 is 4.79 Å². The monoisotopic (exact) mass is 251 g/mol. The molecule has 0 aromatic carbocycles. The van der Waals surface area contributed by atoms with Crippen molar-refractivity contribution in [3.05, 3.63) is 0 Å². The van der Waals surface area contributed by atoms with E-state index in [-0.39, 0.29) is 0 Å². The molecule has 2 aliphatic carbocycles. The molecule has 2 nitrogen and oxygen atoms in total. The van der Waals surface area contributed by atoms with E-state index in [4.69, 9.17) is 0 Å². The zero-order valence-electron chi connectivity index (χ0n) is 12.2. The Bertz CT molecular complexity index is 270. The molecule has 0 aliphatic heterocycles. The fraction of sp³-hybridized carbons (Fsp3) is 0.938. The minimum Gasteiger partial charge on any atom is -0.300 e. The van der Waals surface area contributed by atoms with Gasteiger partial charge in [0.05, 0.1) is 0 Å². The van der Waals surface area contributed by atoms with Gasteiger partial charge in [0.25, 0.3) is 0 Å². The average molecular weight is 251 g/mol. The molecule has 0 aromatic rings. The molecule has 0 heterocycles. The fourth-order valence-corrected chi connectivity index (χ4v) is 3.84. The van der Waals surface area contributed by atoms with Gasteiger partial charge in [-0.05, 0) is 38.1 Å². The largest absolute Gasteiger partial charge is 0.300 e. The number of carbonyl (C=O) groups is 1. The highest BCUT2D eigenvalue weighted by molar-refractivity contribution is 5.81. The second-order valence-corrected chi connectivity index (χ2v) is 6.24. The Morgan fingerprint density at radius 3 is 2.50 bits per heavy atom. The maximum absolute atomic E-state index is 12.1. The quantitative estimate of drug-likeness (QED) is 0.743. The van der Waals surface area contributed by atoms with Gasteiger partial charge in [-0.3, -0.25) is 9.69 Å². The van der Waals surface area contributed by atoms with Crippen molar-refractivity contribution in [1.82, 2.24) is 4.90 Å². The summed E-state index contributed by atoms with van der Waals surface area (Å²) in [5, 5.41) is 0. The van der Waals surface area contributed by atoms with Crippen molar-refractivity contribution in [2.24, 2.45) is 11.8 Å². The van der Waals surface area contributed by atoms with Gasteiger partial charge in [-0.1, -0.05) is 33.1 Å². The van der Waals surface area contributed by atoms with Crippen LogP contribution in [0.25, 0.3) is 0 Å². The summed E-state index contributed by atoms with van der Waals surface area (Å²) in [5.74, 6) is 1.68. The smallest absolute Gasteiger partial charge is 0.137 e. The third-order valence-electron chi connectivity index (χ3n) is 5.15. The van der Waals surface area contributed by atoms with E-state index in [0.717, 1.165) is 44.3 Å². The molecular formula is C16H29NO. The number of ketones is 1. The molecule has 2 saturated carbocycles. The molecular weight excluding hydrogens is 222 g/mol. The molecule has 2 heteroatoms. The summed E-state index contributed by atoms with van der Waals surface area (Å²) in [7, 11) is 0. The van der Waals surface area contributed by atoms with Crippen molar-refractivity contribution in [3.63, 3.8) is 0 Å². The minimum atomic E-state index is 0.337. The molecule has 0 bridgehead atoms. The summed E-state index contributed by atoms with van der Waals surface area (Å²) in [5.41, 5.74) is 0. The lowest BCUT2D eigenvalue weighted by molar-refractivity contribution is -0.126. The van der Waals surface area contributed by atoms with E-state index in [1.807, 2.05) is 0 Å². The standard InChI is InChI=1S/C16H29NO/c1-3-13-9-10-16(18)14(11-13)12-17(4-2)15-7-5-6-8-15/h13-15H,3-12H2,1-2H3. The third-order valence-corrected chi connectivity index (χ3v) is 5.15. The molecule has 0 radical (unpaired) electrons. The maximum Gasteiger partial charge on any atom is 0.137 e. The van der Waals surface area contributed by atoms with E-state index in [9.17, 15) is 4.79 Å². The fourth-order valence-electron chi connectivity index (χ4n) is 3.84. The van der Waals surface area contributed by atoms with Gasteiger partial charge in [0.15, 0.2) is 0 Å². The molecule has 2 fully saturated rings. The van der Waals surface area contributed by atoms with Gasteiger partial charge in [-0.15, -0.1) is 0 Å². The van der Waals surface area contributed by atoms with Gasteiger partial charge in [-0.25, -0.2) is 0 Å². The molecule has 0 N–H and O–H groups in total. The van der Waals surface area contributed by atoms with Gasteiger partial charge >= 0.3 is 0 Å². The Morgan fingerprint density at radius 1 is 1.17 bits per heavy atom. The number of nitrogens with zero attached hydrogens (tertiary/aromatic N) is 1. The first-order valence-corrected chi connectivity index (χ1v) is 8.01. The first-order valence-electron chi connectivity index (χ1n) is 8.01. The Hall–Kier alpha value is -0.370. The van der Waals surface area contributed by atoms with Gasteiger partial charge in [0.2, 0.25) is 0 Å². The first-order chi connectivity index (χ1) is 8.74. The molecule has 2 aliphatic rings. The van der Waals surface area contributed by atoms with Crippen LogP contribution in [-0.2, 0) is 4.79 Å². The summed E-state index contributed by atoms with van der Waals surface area (Å²) < 4.78 is 0. The number of hydrogen-bond acceptors (Lipinski definition) is 2. The number of hydrogen-bond donors (Lipinski definition) is 0. The van der Waals surface area contributed by atoms with Crippen LogP contribution < -0.4 is 0 Å². The molecule has 0 aromatic heterocycles. The molecule has 2 atom stereocenters. The van der Waals surface area contributed by atoms with Crippen LogP contribution in [0, 0.1) is 11.8 Å². The Kier molecular flexibility index (Phi) is 5.23. The van der Waals surface area contributed by atoms with E-state index in [2.05, 4.69) is 18.7 Å². The summed E-state index contributed by atoms with van der Waals surface area (Å²) in [6.07, 6.45) is 9.86. The van der Waals surface area contributed by atoms with Crippen LogP contribution in [0.5, 0.6) is 0 Å². The predicted molar refractivity (Wildman–Crippen MR) is 75.6 cm³/mol. The summed E-state index contributed by atoms with van der Waals surface area (Å²) in [6.45, 7) is 6.68. The molecule has 104 valence electrons. The van der Waals surface area contributed by atoms with Crippen LogP contribution in [0.1, 0.15) is 65.2 Å². The highest BCUT2D eigenvalue weighted by Crippen LogP contribution is 2.31. The molecule has 2 unspecified atom stereocenters. The zero-order valence-corrected chi connectivity index (χ0v) is 12.2. The number of carbonyl (C=O) groups excluding carboxylic acids is 1. The number of rotatable bonds is 5. The van der Waals surface area contributed by atoms with E-state index < -0.39 is 0 Å². The van der Waals surface area contributed by atoms with Crippen LogP contribution in [0.4, 0.5) is 0 Å². The first kappa shape index (κ1) is 14.0. The van der Waals surface area contributed by atoms with E-state index in [0.29, 0.717) is 11.7 Å². The van der Waals surface area contributed by atoms with Crippen LogP contribution in [0.3, 0.4) is 0 Å². The average Bonchev–Trinajstić information content (AvgIpc) is 2.91. The van der Waals surface area contributed by atoms with Crippen LogP contribution >= 0.6 is 0 Å². The SMILES string of the molecule is CCC1CCC(=O)C(CN(CC)C2CCCC2)C1. The lowest BCUT2D eigenvalue weighted by Crippen LogP contribution is -2.41. The Morgan fingerprint density at radius 2 is 1.89 bits per heavy atom. The van der Waals surface area contributed by atoms with E-state index >= 15 is 0 Å². The molecule has 0 amide bonds. The van der Waals surface area contributed by atoms with E-state index in [1.165, 1.54) is 32.1 Å². The molecule has 2 rings (SSSR count). The molecule has 0 saturated heterocycles. The van der Waals surface area contributed by atoms with Crippen molar-refractivity contribution in [2.45, 2.75) is 71.3 Å². The Balaban J connectivity index is 1.90. The molecule has 0 spiro atoms. The minimum absolute atomic E-state index is 0.337. The van der Waals surface area contributed by atoms with Crippen molar-refractivity contribution >= 4 is 5.78 Å². The molecule has 18 heavy (non-hydrogen) atoms. The van der Waals surface area contributed by atoms with Gasteiger partial charge in [-0.2, -0.15) is 0 Å². The van der Waals surface area contributed by atoms with Crippen LogP contribution in [-0.4, -0.2) is 29.8 Å². The van der Waals surface area contributed by atoms with Crippen molar-refractivity contribution in [1.29, 1.82) is 0 Å².